The van der Waals surface area contributed by atoms with Crippen LogP contribution in [0.1, 0.15) is 24.8 Å². The molecule has 1 fully saturated rings. The molecule has 0 radical (unpaired) electrons. The van der Waals surface area contributed by atoms with E-state index in [2.05, 4.69) is 15.0 Å². The summed E-state index contributed by atoms with van der Waals surface area (Å²) in [6.45, 7) is 3.65. The molecule has 0 bridgehead atoms. The second-order valence-electron chi connectivity index (χ2n) is 8.14. The standard InChI is InChI=1S/C24H23FN4O2/c1-15-7-6-8-16(11-15)23-26-24(31-27-23)18-14-28(2)20-13-21(29-9-4-3-5-10-29)19(25)12-17(20)22(18)30/h6-8,11-14H,3-5,9-10H2,1-2H3. The molecule has 7 heteroatoms. The molecule has 0 amide bonds. The normalized spacial score (nSPS) is 14.4. The molecule has 6 nitrogen and oxygen atoms in total. The van der Waals surface area contributed by atoms with E-state index in [1.165, 1.54) is 12.5 Å². The zero-order valence-electron chi connectivity index (χ0n) is 17.6. The van der Waals surface area contributed by atoms with Crippen LogP contribution in [-0.2, 0) is 7.05 Å². The van der Waals surface area contributed by atoms with Crippen molar-refractivity contribution in [1.29, 1.82) is 0 Å². The number of rotatable bonds is 3. The number of fused-ring (bicyclic) bond motifs is 1. The lowest BCUT2D eigenvalue weighted by molar-refractivity contribution is 0.432. The van der Waals surface area contributed by atoms with E-state index in [-0.39, 0.29) is 22.7 Å². The van der Waals surface area contributed by atoms with Crippen molar-refractivity contribution in [2.75, 3.05) is 18.0 Å². The highest BCUT2D eigenvalue weighted by Crippen LogP contribution is 2.29. The molecule has 2 aromatic heterocycles. The molecule has 0 N–H and O–H groups in total. The van der Waals surface area contributed by atoms with E-state index in [0.29, 0.717) is 22.4 Å². The predicted molar refractivity (Wildman–Crippen MR) is 119 cm³/mol. The third-order valence-electron chi connectivity index (χ3n) is 5.89. The zero-order chi connectivity index (χ0) is 21.5. The molecule has 0 atom stereocenters. The van der Waals surface area contributed by atoms with E-state index >= 15 is 0 Å². The Bertz CT molecular complexity index is 1340. The lowest BCUT2D eigenvalue weighted by Gasteiger charge is -2.29. The number of halogens is 1. The summed E-state index contributed by atoms with van der Waals surface area (Å²) >= 11 is 0. The molecule has 0 unspecified atom stereocenters. The van der Waals surface area contributed by atoms with Gasteiger partial charge in [-0.25, -0.2) is 4.39 Å². The number of anilines is 1. The lowest BCUT2D eigenvalue weighted by atomic mass is 10.1. The van der Waals surface area contributed by atoms with Crippen LogP contribution in [0.3, 0.4) is 0 Å². The maximum atomic E-state index is 15.0. The van der Waals surface area contributed by atoms with Crippen LogP contribution in [0.15, 0.2) is 51.9 Å². The molecule has 1 saturated heterocycles. The number of nitrogens with zero attached hydrogens (tertiary/aromatic N) is 4. The Hall–Kier alpha value is -3.48. The quantitative estimate of drug-likeness (QED) is 0.483. The Morgan fingerprint density at radius 3 is 2.68 bits per heavy atom. The Labute approximate surface area is 178 Å². The molecule has 3 heterocycles. The zero-order valence-corrected chi connectivity index (χ0v) is 17.6. The van der Waals surface area contributed by atoms with Crippen LogP contribution < -0.4 is 10.3 Å². The van der Waals surface area contributed by atoms with Gasteiger partial charge < -0.3 is 14.0 Å². The fourth-order valence-corrected chi connectivity index (χ4v) is 4.26. The number of aromatic nitrogens is 3. The first-order chi connectivity index (χ1) is 15.0. The van der Waals surface area contributed by atoms with Gasteiger partial charge in [-0.2, -0.15) is 4.98 Å². The van der Waals surface area contributed by atoms with Crippen LogP contribution in [0.5, 0.6) is 0 Å². The largest absolute Gasteiger partial charge is 0.369 e. The van der Waals surface area contributed by atoms with Gasteiger partial charge in [0.1, 0.15) is 11.4 Å². The van der Waals surface area contributed by atoms with Crippen molar-refractivity contribution in [1.82, 2.24) is 14.7 Å². The van der Waals surface area contributed by atoms with Gasteiger partial charge in [0, 0.05) is 37.3 Å². The van der Waals surface area contributed by atoms with E-state index < -0.39 is 0 Å². The number of aryl methyl sites for hydroxylation is 2. The fraction of sp³-hybridized carbons (Fsp3) is 0.292. The SMILES string of the molecule is Cc1cccc(-c2noc(-c3cn(C)c4cc(N5CCCCC5)c(F)cc4c3=O)n2)c1. The molecule has 5 rings (SSSR count). The minimum atomic E-state index is -0.380. The van der Waals surface area contributed by atoms with Gasteiger partial charge in [-0.1, -0.05) is 28.9 Å². The third-order valence-corrected chi connectivity index (χ3v) is 5.89. The van der Waals surface area contributed by atoms with Crippen molar-refractivity contribution >= 4 is 16.6 Å². The number of pyridine rings is 1. The second kappa shape index (κ2) is 7.65. The summed E-state index contributed by atoms with van der Waals surface area (Å²) in [6, 6.07) is 10.8. The van der Waals surface area contributed by atoms with Crippen molar-refractivity contribution in [3.05, 3.63) is 64.2 Å². The summed E-state index contributed by atoms with van der Waals surface area (Å²) in [5, 5.41) is 4.33. The van der Waals surface area contributed by atoms with Gasteiger partial charge in [0.05, 0.1) is 11.2 Å². The van der Waals surface area contributed by atoms with Crippen LogP contribution in [0, 0.1) is 12.7 Å². The molecule has 1 aliphatic rings. The minimum absolute atomic E-state index is 0.125. The Balaban J connectivity index is 1.60. The summed E-state index contributed by atoms with van der Waals surface area (Å²) in [4.78, 5) is 19.7. The molecule has 4 aromatic rings. The van der Waals surface area contributed by atoms with E-state index in [1.807, 2.05) is 42.8 Å². The molecule has 158 valence electrons. The highest BCUT2D eigenvalue weighted by atomic mass is 19.1. The highest BCUT2D eigenvalue weighted by Gasteiger charge is 2.20. The maximum absolute atomic E-state index is 15.0. The molecule has 2 aromatic carbocycles. The van der Waals surface area contributed by atoms with Gasteiger partial charge in [-0.05, 0) is 44.4 Å². The summed E-state index contributed by atoms with van der Waals surface area (Å²) in [6.07, 6.45) is 4.95. The van der Waals surface area contributed by atoms with Crippen LogP contribution in [0.2, 0.25) is 0 Å². The van der Waals surface area contributed by atoms with E-state index in [1.54, 1.807) is 12.3 Å². The fourth-order valence-electron chi connectivity index (χ4n) is 4.26. The topological polar surface area (TPSA) is 64.2 Å². The Morgan fingerprint density at radius 1 is 1.10 bits per heavy atom. The summed E-state index contributed by atoms with van der Waals surface area (Å²) in [7, 11) is 1.83. The smallest absolute Gasteiger partial charge is 0.263 e. The lowest BCUT2D eigenvalue weighted by Crippen LogP contribution is -2.30. The monoisotopic (exact) mass is 418 g/mol. The first-order valence-electron chi connectivity index (χ1n) is 10.5. The van der Waals surface area contributed by atoms with Crippen LogP contribution in [0.25, 0.3) is 33.7 Å². The predicted octanol–water partition coefficient (Wildman–Crippen LogP) is 4.69. The molecule has 0 aliphatic carbocycles. The van der Waals surface area contributed by atoms with E-state index in [4.69, 9.17) is 4.52 Å². The van der Waals surface area contributed by atoms with Crippen LogP contribution in [-0.4, -0.2) is 27.8 Å². The van der Waals surface area contributed by atoms with Crippen LogP contribution in [0.4, 0.5) is 10.1 Å². The van der Waals surface area contributed by atoms with Crippen molar-refractivity contribution in [3.8, 4) is 22.8 Å². The van der Waals surface area contributed by atoms with E-state index in [0.717, 1.165) is 37.1 Å². The van der Waals surface area contributed by atoms with Crippen molar-refractivity contribution in [2.24, 2.45) is 7.05 Å². The first-order valence-corrected chi connectivity index (χ1v) is 10.5. The van der Waals surface area contributed by atoms with Gasteiger partial charge in [-0.15, -0.1) is 0 Å². The molecular weight excluding hydrogens is 395 g/mol. The number of benzene rings is 2. The Morgan fingerprint density at radius 2 is 1.90 bits per heavy atom. The first kappa shape index (κ1) is 19.5. The third kappa shape index (κ3) is 3.50. The van der Waals surface area contributed by atoms with Gasteiger partial charge in [0.25, 0.3) is 5.89 Å². The average molecular weight is 418 g/mol. The summed E-state index contributed by atoms with van der Waals surface area (Å²) in [5.74, 6) is 0.154. The molecule has 0 spiro atoms. The molecular formula is C24H23FN4O2. The molecule has 31 heavy (non-hydrogen) atoms. The highest BCUT2D eigenvalue weighted by molar-refractivity contribution is 5.86. The number of piperidine rings is 1. The Kier molecular flexibility index (Phi) is 4.81. The average Bonchev–Trinajstić information content (AvgIpc) is 3.27. The summed E-state index contributed by atoms with van der Waals surface area (Å²) in [5.41, 5.74) is 3.04. The van der Waals surface area contributed by atoms with Gasteiger partial charge >= 0.3 is 0 Å². The van der Waals surface area contributed by atoms with Gasteiger partial charge in [0.15, 0.2) is 0 Å². The van der Waals surface area contributed by atoms with Gasteiger partial charge in [0.2, 0.25) is 11.3 Å². The molecule has 0 saturated carbocycles. The number of hydrogen-bond donors (Lipinski definition) is 0. The minimum Gasteiger partial charge on any atom is -0.369 e. The van der Waals surface area contributed by atoms with E-state index in [9.17, 15) is 9.18 Å². The number of hydrogen-bond acceptors (Lipinski definition) is 5. The van der Waals surface area contributed by atoms with Crippen molar-refractivity contribution in [3.63, 3.8) is 0 Å². The molecule has 1 aliphatic heterocycles. The van der Waals surface area contributed by atoms with Crippen molar-refractivity contribution < 1.29 is 8.91 Å². The van der Waals surface area contributed by atoms with Gasteiger partial charge in [-0.3, -0.25) is 4.79 Å². The second-order valence-corrected chi connectivity index (χ2v) is 8.14. The summed E-state index contributed by atoms with van der Waals surface area (Å²) < 4.78 is 22.2. The van der Waals surface area contributed by atoms with Crippen molar-refractivity contribution in [2.45, 2.75) is 26.2 Å². The van der Waals surface area contributed by atoms with Crippen LogP contribution >= 0.6 is 0 Å². The maximum Gasteiger partial charge on any atom is 0.263 e.